The van der Waals surface area contributed by atoms with Gasteiger partial charge in [-0.15, -0.1) is 0 Å². The van der Waals surface area contributed by atoms with Crippen molar-refractivity contribution in [2.24, 2.45) is 0 Å². The maximum atomic E-state index is 11.7. The van der Waals surface area contributed by atoms with Crippen molar-refractivity contribution in [2.75, 3.05) is 13.2 Å². The lowest BCUT2D eigenvalue weighted by molar-refractivity contribution is -0.137. The van der Waals surface area contributed by atoms with Crippen LogP contribution >= 0.6 is 0 Å². The summed E-state index contributed by atoms with van der Waals surface area (Å²) in [7, 11) is 0. The van der Waals surface area contributed by atoms with Crippen LogP contribution in [0, 0.1) is 13.8 Å². The number of unbranched alkanes of at least 4 members (excludes halogenated alkanes) is 1. The van der Waals surface area contributed by atoms with E-state index >= 15 is 0 Å². The molecule has 0 N–H and O–H groups in total. The van der Waals surface area contributed by atoms with Crippen molar-refractivity contribution in [3.63, 3.8) is 0 Å². The number of alkyl halides is 3. The number of aryl methyl sites for hydroxylation is 2. The van der Waals surface area contributed by atoms with Gasteiger partial charge in [-0.2, -0.15) is 18.2 Å². The molecule has 0 atom stereocenters. The van der Waals surface area contributed by atoms with Crippen molar-refractivity contribution in [3.8, 4) is 17.1 Å². The predicted octanol–water partition coefficient (Wildman–Crippen LogP) is 5.97. The first-order valence-electron chi connectivity index (χ1n) is 10.1. The molecule has 0 aliphatic rings. The fourth-order valence-electron chi connectivity index (χ4n) is 2.03. The number of benzene rings is 1. The van der Waals surface area contributed by atoms with Gasteiger partial charge < -0.3 is 18.7 Å². The summed E-state index contributed by atoms with van der Waals surface area (Å²) in [5, 5.41) is 3.84. The van der Waals surface area contributed by atoms with E-state index in [2.05, 4.69) is 16.7 Å². The summed E-state index contributed by atoms with van der Waals surface area (Å²) in [6, 6.07) is 5.17. The van der Waals surface area contributed by atoms with Crippen molar-refractivity contribution in [1.29, 1.82) is 0 Å². The average molecular weight is 474 g/mol. The Morgan fingerprint density at radius 1 is 1.12 bits per heavy atom. The zero-order chi connectivity index (χ0) is 25.4. The Bertz CT molecular complexity index is 875. The van der Waals surface area contributed by atoms with Crippen LogP contribution in [0.5, 0.6) is 5.75 Å². The van der Waals surface area contributed by atoms with Crippen molar-refractivity contribution >= 4 is 12.1 Å². The van der Waals surface area contributed by atoms with Crippen LogP contribution in [0.15, 0.2) is 35.4 Å². The Morgan fingerprint density at radius 2 is 1.70 bits per heavy atom. The van der Waals surface area contributed by atoms with Gasteiger partial charge in [-0.3, -0.25) is 0 Å². The van der Waals surface area contributed by atoms with E-state index in [0.29, 0.717) is 30.3 Å². The fraction of sp³-hybridized carbons (Fsp3) is 0.455. The highest BCUT2D eigenvalue weighted by atomic mass is 19.4. The molecule has 0 aliphatic carbocycles. The summed E-state index contributed by atoms with van der Waals surface area (Å²) in [5.41, 5.74) is 1.49. The molecule has 0 saturated heterocycles. The van der Waals surface area contributed by atoms with Gasteiger partial charge >= 0.3 is 18.3 Å². The summed E-state index contributed by atoms with van der Waals surface area (Å²) >= 11 is 0. The first-order chi connectivity index (χ1) is 15.5. The zero-order valence-electron chi connectivity index (χ0n) is 19.3. The number of hydrogen-bond acceptors (Lipinski definition) is 8. The standard InChI is InChI=1S/C18H20N2O6.C2H3F3.C2H6/c1-4-16(21)23-9-5-6-10-24-18(22)25-15-8-7-14(11-12(15)2)17-19-13(3)26-20-17;1-2(3,4)5;1-2/h4,7-8,11H,1,5-6,9-10H2,2-3H3;1H3;1-2H3. The van der Waals surface area contributed by atoms with Gasteiger partial charge in [0.25, 0.3) is 0 Å². The number of hydrogen-bond donors (Lipinski definition) is 0. The van der Waals surface area contributed by atoms with E-state index in [1.807, 2.05) is 13.8 Å². The molecule has 0 bridgehead atoms. The molecule has 1 heterocycles. The molecule has 0 saturated carbocycles. The molecule has 0 amide bonds. The number of nitrogens with zero attached hydrogens (tertiary/aromatic N) is 2. The normalized spacial score (nSPS) is 10.1. The Morgan fingerprint density at radius 3 is 2.18 bits per heavy atom. The van der Waals surface area contributed by atoms with Crippen molar-refractivity contribution in [2.45, 2.75) is 53.6 Å². The van der Waals surface area contributed by atoms with Crippen LogP contribution in [0.3, 0.4) is 0 Å². The third-order valence-corrected chi connectivity index (χ3v) is 3.32. The summed E-state index contributed by atoms with van der Waals surface area (Å²) in [6.07, 6.45) is -2.57. The minimum atomic E-state index is -4.00. The lowest BCUT2D eigenvalue weighted by Crippen LogP contribution is -2.12. The van der Waals surface area contributed by atoms with E-state index in [-0.39, 0.29) is 20.1 Å². The predicted molar refractivity (Wildman–Crippen MR) is 115 cm³/mol. The fourth-order valence-corrected chi connectivity index (χ4v) is 2.03. The van der Waals surface area contributed by atoms with Gasteiger partial charge in [-0.1, -0.05) is 25.6 Å². The molecule has 2 aromatic rings. The molecule has 2 rings (SSSR count). The number of esters is 1. The molecule has 184 valence electrons. The van der Waals surface area contributed by atoms with Gasteiger partial charge in [0, 0.05) is 25.5 Å². The second kappa shape index (κ2) is 15.4. The number of halogens is 3. The number of rotatable bonds is 8. The minimum Gasteiger partial charge on any atom is -0.463 e. The first kappa shape index (κ1) is 29.6. The van der Waals surface area contributed by atoms with Crippen LogP contribution in [0.25, 0.3) is 11.4 Å². The van der Waals surface area contributed by atoms with E-state index < -0.39 is 18.3 Å². The highest BCUT2D eigenvalue weighted by Gasteiger charge is 2.15. The molecule has 0 fully saturated rings. The molecule has 0 unspecified atom stereocenters. The number of carbonyl (C=O) groups is 2. The van der Waals surface area contributed by atoms with Gasteiger partial charge in [0.05, 0.1) is 13.2 Å². The third kappa shape index (κ3) is 14.3. The van der Waals surface area contributed by atoms with E-state index in [0.717, 1.165) is 17.2 Å². The number of ether oxygens (including phenoxy) is 3. The quantitative estimate of drug-likeness (QED) is 0.200. The summed E-state index contributed by atoms with van der Waals surface area (Å²) in [6.45, 7) is 11.4. The van der Waals surface area contributed by atoms with Crippen molar-refractivity contribution in [1.82, 2.24) is 10.1 Å². The Balaban J connectivity index is 0.00000129. The Labute approximate surface area is 190 Å². The van der Waals surface area contributed by atoms with Crippen LogP contribution in [-0.2, 0) is 14.3 Å². The molecule has 11 heteroatoms. The van der Waals surface area contributed by atoms with Crippen LogP contribution < -0.4 is 4.74 Å². The maximum Gasteiger partial charge on any atom is 0.513 e. The first-order valence-corrected chi connectivity index (χ1v) is 10.1. The van der Waals surface area contributed by atoms with Crippen LogP contribution in [0.1, 0.15) is 45.1 Å². The molecule has 1 aromatic carbocycles. The molecule has 1 aromatic heterocycles. The van der Waals surface area contributed by atoms with Gasteiger partial charge in [0.2, 0.25) is 11.7 Å². The Kier molecular flexibility index (Phi) is 13.9. The van der Waals surface area contributed by atoms with Crippen LogP contribution in [0.4, 0.5) is 18.0 Å². The third-order valence-electron chi connectivity index (χ3n) is 3.32. The summed E-state index contributed by atoms with van der Waals surface area (Å²) in [4.78, 5) is 26.7. The zero-order valence-corrected chi connectivity index (χ0v) is 19.3. The molecular weight excluding hydrogens is 445 g/mol. The van der Waals surface area contributed by atoms with Crippen LogP contribution in [-0.4, -0.2) is 41.7 Å². The molecule has 8 nitrogen and oxygen atoms in total. The second-order valence-corrected chi connectivity index (χ2v) is 6.18. The average Bonchev–Trinajstić information content (AvgIpc) is 3.18. The Hall–Kier alpha value is -3.37. The topological polar surface area (TPSA) is 101 Å². The molecule has 0 spiro atoms. The minimum absolute atomic E-state index is 0.170. The molecular formula is C22H29F3N2O6. The molecule has 33 heavy (non-hydrogen) atoms. The number of aromatic nitrogens is 2. The van der Waals surface area contributed by atoms with Gasteiger partial charge in [0.15, 0.2) is 0 Å². The van der Waals surface area contributed by atoms with E-state index in [4.69, 9.17) is 18.7 Å². The van der Waals surface area contributed by atoms with Crippen LogP contribution in [0.2, 0.25) is 0 Å². The summed E-state index contributed by atoms with van der Waals surface area (Å²) in [5.74, 6) is 0.858. The second-order valence-electron chi connectivity index (χ2n) is 6.18. The van der Waals surface area contributed by atoms with E-state index in [1.165, 1.54) is 0 Å². The van der Waals surface area contributed by atoms with Crippen molar-refractivity contribution in [3.05, 3.63) is 42.3 Å². The van der Waals surface area contributed by atoms with Gasteiger partial charge in [-0.05, 0) is 43.5 Å². The smallest absolute Gasteiger partial charge is 0.463 e. The highest BCUT2D eigenvalue weighted by Crippen LogP contribution is 2.24. The van der Waals surface area contributed by atoms with Gasteiger partial charge in [-0.25, -0.2) is 9.59 Å². The summed E-state index contributed by atoms with van der Waals surface area (Å²) < 4.78 is 51.0. The largest absolute Gasteiger partial charge is 0.513 e. The number of carbonyl (C=O) groups excluding carboxylic acids is 2. The lowest BCUT2D eigenvalue weighted by Gasteiger charge is -2.09. The van der Waals surface area contributed by atoms with Crippen molar-refractivity contribution < 1.29 is 41.5 Å². The molecule has 0 radical (unpaired) electrons. The maximum absolute atomic E-state index is 11.7. The van der Waals surface area contributed by atoms with Gasteiger partial charge in [0.1, 0.15) is 5.75 Å². The van der Waals surface area contributed by atoms with E-state index in [1.54, 1.807) is 32.0 Å². The lowest BCUT2D eigenvalue weighted by atomic mass is 10.1. The highest BCUT2D eigenvalue weighted by molar-refractivity contribution is 5.81. The van der Waals surface area contributed by atoms with E-state index in [9.17, 15) is 22.8 Å². The SMILES string of the molecule is C=CC(=O)OCCCCOC(=O)Oc1ccc(-c2noc(C)n2)cc1C.CC.CC(F)(F)F. The molecule has 0 aliphatic heterocycles. The monoisotopic (exact) mass is 474 g/mol.